The number of fused-ring (bicyclic) bond motifs is 1. The number of ketones is 1. The molecule has 1 aromatic heterocycles. The zero-order chi connectivity index (χ0) is 20.0. The van der Waals surface area contributed by atoms with Gasteiger partial charge in [-0.1, -0.05) is 30.3 Å². The predicted molar refractivity (Wildman–Crippen MR) is 103 cm³/mol. The van der Waals surface area contributed by atoms with Crippen LogP contribution in [-0.4, -0.2) is 33.8 Å². The van der Waals surface area contributed by atoms with E-state index in [0.29, 0.717) is 25.0 Å². The first-order chi connectivity index (χ1) is 14.1. The molecule has 1 saturated carbocycles. The molecule has 3 aliphatic rings. The highest BCUT2D eigenvalue weighted by Crippen LogP contribution is 2.47. The number of hydrogen-bond acceptors (Lipinski definition) is 4. The van der Waals surface area contributed by atoms with Crippen molar-refractivity contribution in [1.82, 2.24) is 9.88 Å². The second-order valence-electron chi connectivity index (χ2n) is 7.88. The smallest absolute Gasteiger partial charge is 0.290 e. The van der Waals surface area contributed by atoms with E-state index >= 15 is 0 Å². The van der Waals surface area contributed by atoms with Gasteiger partial charge in [0.25, 0.3) is 5.91 Å². The molecule has 0 saturated heterocycles. The lowest BCUT2D eigenvalue weighted by molar-refractivity contribution is -0.136. The fourth-order valence-corrected chi connectivity index (χ4v) is 4.70. The van der Waals surface area contributed by atoms with Gasteiger partial charge >= 0.3 is 0 Å². The lowest BCUT2D eigenvalue weighted by Gasteiger charge is -2.36. The number of aromatic nitrogens is 1. The minimum absolute atomic E-state index is 0.145. The van der Waals surface area contributed by atoms with Crippen LogP contribution in [0.1, 0.15) is 36.4 Å². The zero-order valence-corrected chi connectivity index (χ0v) is 15.8. The van der Waals surface area contributed by atoms with Crippen molar-refractivity contribution in [2.24, 2.45) is 5.92 Å². The third kappa shape index (κ3) is 3.03. The number of alkyl halides is 1. The molecule has 4 atom stereocenters. The lowest BCUT2D eigenvalue weighted by Crippen LogP contribution is -2.42. The lowest BCUT2D eigenvalue weighted by atomic mass is 9.77. The molecule has 148 valence electrons. The molecule has 5 nitrogen and oxygen atoms in total. The van der Waals surface area contributed by atoms with Crippen molar-refractivity contribution in [3.05, 3.63) is 77.3 Å². The normalized spacial score (nSPS) is 28.8. The van der Waals surface area contributed by atoms with Crippen LogP contribution < -0.4 is 0 Å². The SMILES string of the molecule is O=C1C2=C(OC3CCC(F)CC13)C(=O)N(Cc1ccccc1)C2c1ccncc1. The highest BCUT2D eigenvalue weighted by Gasteiger charge is 2.52. The van der Waals surface area contributed by atoms with Crippen LogP contribution in [0.2, 0.25) is 0 Å². The first-order valence-electron chi connectivity index (χ1n) is 9.97. The van der Waals surface area contributed by atoms with E-state index in [-0.39, 0.29) is 23.9 Å². The molecule has 5 rings (SSSR count). The third-order valence-electron chi connectivity index (χ3n) is 6.10. The Balaban J connectivity index is 1.57. The van der Waals surface area contributed by atoms with Gasteiger partial charge in [-0.2, -0.15) is 0 Å². The standard InChI is InChI=1S/C23H21FN2O3/c24-16-6-7-18-17(12-16)21(27)19-20(15-8-10-25-11-9-15)26(23(28)22(19)29-18)13-14-4-2-1-3-5-14/h1-5,8-11,16-18,20H,6-7,12-13H2. The van der Waals surface area contributed by atoms with Crippen molar-refractivity contribution < 1.29 is 18.7 Å². The number of carbonyl (C=O) groups is 2. The fourth-order valence-electron chi connectivity index (χ4n) is 4.70. The molecule has 0 bridgehead atoms. The summed E-state index contributed by atoms with van der Waals surface area (Å²) >= 11 is 0. The maximum atomic E-state index is 14.0. The van der Waals surface area contributed by atoms with Gasteiger partial charge in [0, 0.05) is 18.9 Å². The van der Waals surface area contributed by atoms with Crippen LogP contribution in [-0.2, 0) is 20.9 Å². The van der Waals surface area contributed by atoms with Crippen molar-refractivity contribution in [3.8, 4) is 0 Å². The second kappa shape index (κ2) is 7.10. The summed E-state index contributed by atoms with van der Waals surface area (Å²) in [7, 11) is 0. The van der Waals surface area contributed by atoms with E-state index in [1.807, 2.05) is 42.5 Å². The third-order valence-corrected chi connectivity index (χ3v) is 6.10. The fraction of sp³-hybridized carbons (Fsp3) is 0.348. The summed E-state index contributed by atoms with van der Waals surface area (Å²) < 4.78 is 20.1. The second-order valence-corrected chi connectivity index (χ2v) is 7.88. The number of rotatable bonds is 3. The van der Waals surface area contributed by atoms with E-state index in [0.717, 1.165) is 11.1 Å². The Bertz CT molecular complexity index is 976. The number of amides is 1. The van der Waals surface area contributed by atoms with Gasteiger partial charge < -0.3 is 9.64 Å². The van der Waals surface area contributed by atoms with Crippen LogP contribution in [0.4, 0.5) is 4.39 Å². The number of ether oxygens (including phenoxy) is 1. The average Bonchev–Trinajstić information content (AvgIpc) is 3.02. The molecule has 2 aromatic rings. The quantitative estimate of drug-likeness (QED) is 0.802. The maximum Gasteiger partial charge on any atom is 0.290 e. The highest BCUT2D eigenvalue weighted by molar-refractivity contribution is 6.11. The topological polar surface area (TPSA) is 59.5 Å². The molecule has 1 fully saturated rings. The molecule has 0 radical (unpaired) electrons. The summed E-state index contributed by atoms with van der Waals surface area (Å²) in [6.45, 7) is 0.359. The Morgan fingerprint density at radius 1 is 1.07 bits per heavy atom. The van der Waals surface area contributed by atoms with Gasteiger partial charge in [-0.05, 0) is 42.5 Å². The number of pyridine rings is 1. The van der Waals surface area contributed by atoms with Crippen LogP contribution in [0, 0.1) is 5.92 Å². The maximum absolute atomic E-state index is 14.0. The summed E-state index contributed by atoms with van der Waals surface area (Å²) in [5, 5.41) is 0. The molecule has 0 spiro atoms. The van der Waals surface area contributed by atoms with Gasteiger partial charge in [0.2, 0.25) is 0 Å². The van der Waals surface area contributed by atoms with Gasteiger partial charge in [0.05, 0.1) is 17.5 Å². The van der Waals surface area contributed by atoms with Gasteiger partial charge in [0.1, 0.15) is 12.3 Å². The van der Waals surface area contributed by atoms with E-state index in [9.17, 15) is 14.0 Å². The summed E-state index contributed by atoms with van der Waals surface area (Å²) in [5.74, 6) is -0.804. The monoisotopic (exact) mass is 392 g/mol. The molecular formula is C23H21FN2O3. The minimum Gasteiger partial charge on any atom is -0.483 e. The van der Waals surface area contributed by atoms with Crippen molar-refractivity contribution in [3.63, 3.8) is 0 Å². The van der Waals surface area contributed by atoms with Crippen molar-refractivity contribution in [2.45, 2.75) is 44.1 Å². The number of halogens is 1. The molecule has 6 heteroatoms. The largest absolute Gasteiger partial charge is 0.483 e. The molecule has 3 heterocycles. The highest BCUT2D eigenvalue weighted by atomic mass is 19.1. The zero-order valence-electron chi connectivity index (χ0n) is 15.8. The Morgan fingerprint density at radius 2 is 1.83 bits per heavy atom. The number of hydrogen-bond donors (Lipinski definition) is 0. The molecule has 0 N–H and O–H groups in total. The molecule has 1 amide bonds. The summed E-state index contributed by atoms with van der Waals surface area (Å²) in [5.41, 5.74) is 2.14. The van der Waals surface area contributed by atoms with Crippen LogP contribution in [0.25, 0.3) is 0 Å². The summed E-state index contributed by atoms with van der Waals surface area (Å²) in [6.07, 6.45) is 2.88. The first kappa shape index (κ1) is 18.0. The van der Waals surface area contributed by atoms with Gasteiger partial charge in [-0.15, -0.1) is 0 Å². The molecule has 4 unspecified atom stereocenters. The van der Waals surface area contributed by atoms with Crippen molar-refractivity contribution in [1.29, 1.82) is 0 Å². The minimum atomic E-state index is -0.997. The van der Waals surface area contributed by atoms with E-state index in [1.54, 1.807) is 17.3 Å². The molecule has 2 aliphatic heterocycles. The molecule has 29 heavy (non-hydrogen) atoms. The number of nitrogens with zero attached hydrogens (tertiary/aromatic N) is 2. The summed E-state index contributed by atoms with van der Waals surface area (Å²) in [6, 6.07) is 12.7. The average molecular weight is 392 g/mol. The Hall–Kier alpha value is -3.02. The number of Topliss-reactive ketones (excluding diaryl/α,β-unsaturated/α-hetero) is 1. The first-order valence-corrected chi connectivity index (χ1v) is 9.97. The van der Waals surface area contributed by atoms with Gasteiger partial charge in [-0.3, -0.25) is 14.6 Å². The van der Waals surface area contributed by atoms with Crippen molar-refractivity contribution in [2.75, 3.05) is 0 Å². The van der Waals surface area contributed by atoms with Crippen LogP contribution in [0.15, 0.2) is 66.2 Å². The van der Waals surface area contributed by atoms with E-state index in [1.165, 1.54) is 0 Å². The molecule has 1 aliphatic carbocycles. The van der Waals surface area contributed by atoms with E-state index in [4.69, 9.17) is 4.74 Å². The Labute approximate surface area is 168 Å². The Kier molecular flexibility index (Phi) is 4.42. The van der Waals surface area contributed by atoms with Crippen LogP contribution in [0.3, 0.4) is 0 Å². The Morgan fingerprint density at radius 3 is 2.59 bits per heavy atom. The van der Waals surface area contributed by atoms with E-state index in [2.05, 4.69) is 4.98 Å². The van der Waals surface area contributed by atoms with Gasteiger partial charge in [-0.25, -0.2) is 4.39 Å². The van der Waals surface area contributed by atoms with E-state index < -0.39 is 24.2 Å². The van der Waals surface area contributed by atoms with Gasteiger partial charge in [0.15, 0.2) is 11.5 Å². The van der Waals surface area contributed by atoms with Crippen molar-refractivity contribution >= 4 is 11.7 Å². The predicted octanol–water partition coefficient (Wildman–Crippen LogP) is 3.53. The molecular weight excluding hydrogens is 371 g/mol. The summed E-state index contributed by atoms with van der Waals surface area (Å²) in [4.78, 5) is 32.5. The molecule has 1 aromatic carbocycles. The van der Waals surface area contributed by atoms with Crippen LogP contribution in [0.5, 0.6) is 0 Å². The number of benzene rings is 1. The number of carbonyl (C=O) groups excluding carboxylic acids is 2. The van der Waals surface area contributed by atoms with Crippen LogP contribution >= 0.6 is 0 Å².